The molecule has 2 heterocycles. The number of fused-ring (bicyclic) bond motifs is 1. The van der Waals surface area contributed by atoms with E-state index < -0.39 is 79.0 Å². The fraction of sp³-hybridized carbons (Fsp3) is 0.875. The van der Waals surface area contributed by atoms with Gasteiger partial charge in [-0.2, -0.15) is 0 Å². The smallest absolute Gasteiger partial charge is 0.187 e. The van der Waals surface area contributed by atoms with Crippen LogP contribution in [0.3, 0.4) is 0 Å². The first-order valence-corrected chi connectivity index (χ1v) is 15.7. The summed E-state index contributed by atoms with van der Waals surface area (Å²) >= 11 is 0. The van der Waals surface area contributed by atoms with E-state index in [-0.39, 0.29) is 23.4 Å². The van der Waals surface area contributed by atoms with Crippen LogP contribution in [0, 0.1) is 22.7 Å². The van der Waals surface area contributed by atoms with Crippen LogP contribution in [0.25, 0.3) is 0 Å². The summed E-state index contributed by atoms with van der Waals surface area (Å²) in [5.41, 5.74) is -0.320. The lowest BCUT2D eigenvalue weighted by Crippen LogP contribution is -2.62. The Balaban J connectivity index is 1.54. The van der Waals surface area contributed by atoms with Gasteiger partial charge in [0.15, 0.2) is 12.6 Å². The SMILES string of the molecule is C=C[C@](C)(CC[C@@]1(C)[C@H](C)C[C@H](O[C@@H]2O[C@H](C)[C@@H](O)[C@H](O)[C@H]2O)[C@@]2(C)C(C)=CCC[C@H]12)O[C@@H]1O[C@H](CO)[C@@H](O)[C@H](O)[C@H]1O. The molecule has 0 unspecified atom stereocenters. The number of ether oxygens (including phenoxy) is 4. The quantitative estimate of drug-likeness (QED) is 0.185. The largest absolute Gasteiger partial charge is 0.394 e. The van der Waals surface area contributed by atoms with Crippen molar-refractivity contribution in [1.29, 1.82) is 0 Å². The molecule has 1 saturated carbocycles. The van der Waals surface area contributed by atoms with E-state index in [1.807, 2.05) is 6.92 Å². The van der Waals surface area contributed by atoms with Crippen molar-refractivity contribution < 1.29 is 54.7 Å². The molecule has 16 atom stereocenters. The van der Waals surface area contributed by atoms with Crippen molar-refractivity contribution in [3.05, 3.63) is 24.3 Å². The predicted molar refractivity (Wildman–Crippen MR) is 156 cm³/mol. The Kier molecular flexibility index (Phi) is 10.6. The molecule has 0 radical (unpaired) electrons. The van der Waals surface area contributed by atoms with Crippen molar-refractivity contribution in [2.45, 2.75) is 147 Å². The van der Waals surface area contributed by atoms with Gasteiger partial charge in [0.1, 0.15) is 42.7 Å². The highest BCUT2D eigenvalue weighted by Gasteiger charge is 2.59. The summed E-state index contributed by atoms with van der Waals surface area (Å²) in [6, 6.07) is 0. The molecule has 248 valence electrons. The van der Waals surface area contributed by atoms with E-state index in [1.165, 1.54) is 5.57 Å². The molecule has 11 nitrogen and oxygen atoms in total. The van der Waals surface area contributed by atoms with Crippen molar-refractivity contribution in [2.24, 2.45) is 22.7 Å². The number of hydrogen-bond donors (Lipinski definition) is 7. The van der Waals surface area contributed by atoms with Crippen LogP contribution < -0.4 is 0 Å². The summed E-state index contributed by atoms with van der Waals surface area (Å²) in [7, 11) is 0. The molecule has 2 aliphatic heterocycles. The van der Waals surface area contributed by atoms with Crippen LogP contribution >= 0.6 is 0 Å². The van der Waals surface area contributed by atoms with Crippen LogP contribution in [-0.2, 0) is 18.9 Å². The van der Waals surface area contributed by atoms with E-state index in [9.17, 15) is 35.7 Å². The molecular formula is C32H54O11. The van der Waals surface area contributed by atoms with E-state index >= 15 is 0 Å². The van der Waals surface area contributed by atoms with Crippen LogP contribution in [0.5, 0.6) is 0 Å². The summed E-state index contributed by atoms with van der Waals surface area (Å²) < 4.78 is 24.2. The first-order valence-electron chi connectivity index (χ1n) is 15.7. The average Bonchev–Trinajstić information content (AvgIpc) is 2.98. The lowest BCUT2D eigenvalue weighted by Gasteiger charge is -2.61. The summed E-state index contributed by atoms with van der Waals surface area (Å²) in [6.45, 7) is 15.8. The Hall–Kier alpha value is -0.960. The predicted octanol–water partition coefficient (Wildman–Crippen LogP) is 1.15. The third-order valence-electron chi connectivity index (χ3n) is 11.6. The van der Waals surface area contributed by atoms with Gasteiger partial charge in [-0.15, -0.1) is 6.58 Å². The van der Waals surface area contributed by atoms with Crippen molar-refractivity contribution >= 4 is 0 Å². The zero-order chi connectivity index (χ0) is 32.1. The minimum Gasteiger partial charge on any atom is -0.394 e. The van der Waals surface area contributed by atoms with Crippen LogP contribution in [-0.4, -0.2) is 115 Å². The van der Waals surface area contributed by atoms with Gasteiger partial charge in [-0.25, -0.2) is 0 Å². The number of allylic oxidation sites excluding steroid dienone is 1. The van der Waals surface area contributed by atoms with Gasteiger partial charge in [-0.1, -0.05) is 38.5 Å². The molecule has 7 N–H and O–H groups in total. The highest BCUT2D eigenvalue weighted by Crippen LogP contribution is 2.63. The number of aliphatic hydroxyl groups is 7. The lowest BCUT2D eigenvalue weighted by molar-refractivity contribution is -0.324. The zero-order valence-electron chi connectivity index (χ0n) is 26.4. The van der Waals surface area contributed by atoms with Gasteiger partial charge >= 0.3 is 0 Å². The standard InChI is InChI=1S/C32H54O11/c1-8-30(5,43-29-27(39)25(37)23(35)19(15-33)41-29)12-13-31(6)17(3)14-21(32(7)16(2)10-9-11-20(31)32)42-28-26(38)24(36)22(34)18(4)40-28/h8,10,17-29,33-39H,1,9,11-15H2,2-7H3/t17-,18-,19-,20-,21+,22-,23-,24+,25+,26-,27-,28+,29+,30-,31+,32+/m1/s1. The number of rotatable bonds is 9. The first kappa shape index (κ1) is 34.9. The van der Waals surface area contributed by atoms with Gasteiger partial charge in [0.25, 0.3) is 0 Å². The highest BCUT2D eigenvalue weighted by atomic mass is 16.7. The van der Waals surface area contributed by atoms with Crippen LogP contribution in [0.15, 0.2) is 24.3 Å². The van der Waals surface area contributed by atoms with E-state index in [4.69, 9.17) is 18.9 Å². The Labute approximate surface area is 255 Å². The molecule has 0 bridgehead atoms. The molecule has 0 amide bonds. The van der Waals surface area contributed by atoms with Gasteiger partial charge in [0.2, 0.25) is 0 Å². The molecule has 43 heavy (non-hydrogen) atoms. The van der Waals surface area contributed by atoms with Crippen molar-refractivity contribution in [3.63, 3.8) is 0 Å². The Morgan fingerprint density at radius 1 is 0.977 bits per heavy atom. The van der Waals surface area contributed by atoms with Crippen LogP contribution in [0.1, 0.15) is 73.6 Å². The molecule has 11 heteroatoms. The van der Waals surface area contributed by atoms with E-state index in [0.717, 1.165) is 19.3 Å². The maximum absolute atomic E-state index is 10.7. The second-order valence-electron chi connectivity index (χ2n) is 14.1. The van der Waals surface area contributed by atoms with Gasteiger partial charge in [-0.3, -0.25) is 0 Å². The summed E-state index contributed by atoms with van der Waals surface area (Å²) in [4.78, 5) is 0. The van der Waals surface area contributed by atoms with E-state index in [0.29, 0.717) is 12.8 Å². The van der Waals surface area contributed by atoms with Crippen molar-refractivity contribution in [3.8, 4) is 0 Å². The molecule has 0 spiro atoms. The van der Waals surface area contributed by atoms with Crippen molar-refractivity contribution in [2.75, 3.05) is 6.61 Å². The molecule has 2 saturated heterocycles. The molecular weight excluding hydrogens is 560 g/mol. The minimum absolute atomic E-state index is 0.177. The summed E-state index contributed by atoms with van der Waals surface area (Å²) in [6.07, 6.45) is -5.16. The highest BCUT2D eigenvalue weighted by molar-refractivity contribution is 5.24. The third kappa shape index (κ3) is 6.25. The average molecular weight is 615 g/mol. The number of hydrogen-bond acceptors (Lipinski definition) is 11. The second kappa shape index (κ2) is 13.0. The molecule has 0 aromatic carbocycles. The molecule has 0 aromatic heterocycles. The van der Waals surface area contributed by atoms with Crippen LogP contribution in [0.4, 0.5) is 0 Å². The van der Waals surface area contributed by atoms with Crippen LogP contribution in [0.2, 0.25) is 0 Å². The Morgan fingerprint density at radius 2 is 1.60 bits per heavy atom. The first-order chi connectivity index (χ1) is 20.0. The maximum Gasteiger partial charge on any atom is 0.187 e. The van der Waals surface area contributed by atoms with Gasteiger partial charge in [0, 0.05) is 5.41 Å². The Bertz CT molecular complexity index is 1010. The number of aliphatic hydroxyl groups excluding tert-OH is 7. The third-order valence-corrected chi connectivity index (χ3v) is 11.6. The fourth-order valence-corrected chi connectivity index (χ4v) is 7.99. The lowest BCUT2D eigenvalue weighted by atomic mass is 9.45. The topological polar surface area (TPSA) is 179 Å². The molecule has 4 aliphatic rings. The van der Waals surface area contributed by atoms with E-state index in [1.54, 1.807) is 13.0 Å². The molecule has 3 fully saturated rings. The molecule has 0 aromatic rings. The van der Waals surface area contributed by atoms with Crippen molar-refractivity contribution in [1.82, 2.24) is 0 Å². The summed E-state index contributed by atoms with van der Waals surface area (Å²) in [5.74, 6) is 0.366. The molecule has 4 rings (SSSR count). The van der Waals surface area contributed by atoms with Gasteiger partial charge in [0.05, 0.1) is 24.4 Å². The fourth-order valence-electron chi connectivity index (χ4n) is 7.99. The summed E-state index contributed by atoms with van der Waals surface area (Å²) in [5, 5.41) is 71.9. The monoisotopic (exact) mass is 614 g/mol. The molecule has 2 aliphatic carbocycles. The van der Waals surface area contributed by atoms with Gasteiger partial charge < -0.3 is 54.7 Å². The maximum atomic E-state index is 10.7. The second-order valence-corrected chi connectivity index (χ2v) is 14.1. The van der Waals surface area contributed by atoms with Gasteiger partial charge in [-0.05, 0) is 70.1 Å². The minimum atomic E-state index is -1.53. The van der Waals surface area contributed by atoms with E-state index in [2.05, 4.69) is 40.3 Å². The zero-order valence-corrected chi connectivity index (χ0v) is 26.4. The Morgan fingerprint density at radius 3 is 2.23 bits per heavy atom. The normalized spacial score (nSPS) is 50.3.